The highest BCUT2D eigenvalue weighted by Gasteiger charge is 2.35. The fraction of sp³-hybridized carbons (Fsp3) is 0.190. The molecule has 0 atom stereocenters. The third-order valence-electron chi connectivity index (χ3n) is 4.42. The SMILES string of the molecule is CC1=C(C#N)C(=O)N(CCCO)C(=O)/C1=C\c1ccc(-c2ccccc2F)o1. The topological polar surface area (TPSA) is 94.5 Å². The highest BCUT2D eigenvalue weighted by atomic mass is 19.1. The fourth-order valence-electron chi connectivity index (χ4n) is 2.94. The van der Waals surface area contributed by atoms with Gasteiger partial charge in [0.15, 0.2) is 0 Å². The summed E-state index contributed by atoms with van der Waals surface area (Å²) in [5.41, 5.74) is 0.543. The molecule has 1 aromatic heterocycles. The Morgan fingerprint density at radius 2 is 1.96 bits per heavy atom. The maximum absolute atomic E-state index is 13.9. The number of carbonyl (C=O) groups excluding carboxylic acids is 2. The van der Waals surface area contributed by atoms with E-state index in [1.807, 2.05) is 6.07 Å². The second-order valence-electron chi connectivity index (χ2n) is 6.19. The number of amides is 2. The van der Waals surface area contributed by atoms with Crippen LogP contribution in [0.25, 0.3) is 17.4 Å². The summed E-state index contributed by atoms with van der Waals surface area (Å²) >= 11 is 0. The van der Waals surface area contributed by atoms with E-state index in [2.05, 4.69) is 0 Å². The third kappa shape index (κ3) is 3.50. The number of hydrogen-bond donors (Lipinski definition) is 1. The first-order chi connectivity index (χ1) is 13.5. The molecule has 6 nitrogen and oxygen atoms in total. The number of halogens is 1. The molecule has 3 rings (SSSR count). The van der Waals surface area contributed by atoms with Gasteiger partial charge >= 0.3 is 0 Å². The summed E-state index contributed by atoms with van der Waals surface area (Å²) in [5.74, 6) is -1.10. The van der Waals surface area contributed by atoms with E-state index < -0.39 is 17.6 Å². The Balaban J connectivity index is 2.02. The van der Waals surface area contributed by atoms with Crippen LogP contribution >= 0.6 is 0 Å². The highest BCUT2D eigenvalue weighted by Crippen LogP contribution is 2.30. The van der Waals surface area contributed by atoms with Gasteiger partial charge < -0.3 is 9.52 Å². The lowest BCUT2D eigenvalue weighted by Crippen LogP contribution is -2.43. The van der Waals surface area contributed by atoms with E-state index in [9.17, 15) is 19.2 Å². The number of aliphatic hydroxyl groups excluding tert-OH is 1. The van der Waals surface area contributed by atoms with Gasteiger partial charge in [0, 0.05) is 18.7 Å². The molecule has 2 aromatic rings. The number of benzene rings is 1. The van der Waals surface area contributed by atoms with E-state index in [0.717, 1.165) is 4.90 Å². The van der Waals surface area contributed by atoms with E-state index in [0.29, 0.717) is 5.76 Å². The molecule has 0 radical (unpaired) electrons. The van der Waals surface area contributed by atoms with Crippen molar-refractivity contribution in [2.75, 3.05) is 13.2 Å². The van der Waals surface area contributed by atoms with Crippen molar-refractivity contribution < 1.29 is 23.5 Å². The van der Waals surface area contributed by atoms with Crippen LogP contribution in [0.15, 0.2) is 57.5 Å². The standard InChI is InChI=1S/C21H17FN2O4/c1-13-16(20(26)24(9-4-10-25)21(27)17(13)12-23)11-14-7-8-19(28-14)15-5-2-3-6-18(15)22/h2-3,5-8,11,25H,4,9-10H2,1H3/b16-11-. The molecule has 7 heteroatoms. The maximum Gasteiger partial charge on any atom is 0.271 e. The summed E-state index contributed by atoms with van der Waals surface area (Å²) in [6.45, 7) is 1.33. The molecule has 28 heavy (non-hydrogen) atoms. The summed E-state index contributed by atoms with van der Waals surface area (Å²) in [7, 11) is 0. The fourth-order valence-corrected chi connectivity index (χ4v) is 2.94. The Hall–Kier alpha value is -3.50. The summed E-state index contributed by atoms with van der Waals surface area (Å²) in [6.07, 6.45) is 1.64. The zero-order valence-corrected chi connectivity index (χ0v) is 15.1. The van der Waals surface area contributed by atoms with Gasteiger partial charge in [-0.2, -0.15) is 5.26 Å². The molecule has 1 aromatic carbocycles. The minimum Gasteiger partial charge on any atom is -0.457 e. The molecule has 2 amide bonds. The summed E-state index contributed by atoms with van der Waals surface area (Å²) < 4.78 is 19.6. The van der Waals surface area contributed by atoms with E-state index >= 15 is 0 Å². The zero-order chi connectivity index (χ0) is 20.3. The van der Waals surface area contributed by atoms with Crippen LogP contribution in [0, 0.1) is 17.1 Å². The van der Waals surface area contributed by atoms with Crippen LogP contribution in [0.3, 0.4) is 0 Å². The average Bonchev–Trinajstić information content (AvgIpc) is 3.14. The van der Waals surface area contributed by atoms with Crippen molar-refractivity contribution in [3.05, 3.63) is 64.7 Å². The van der Waals surface area contributed by atoms with Crippen LogP contribution in [0.2, 0.25) is 0 Å². The largest absolute Gasteiger partial charge is 0.457 e. The van der Waals surface area contributed by atoms with Crippen LogP contribution in [-0.2, 0) is 9.59 Å². The predicted octanol–water partition coefficient (Wildman–Crippen LogP) is 3.06. The Morgan fingerprint density at radius 1 is 1.21 bits per heavy atom. The number of nitriles is 1. The normalized spacial score (nSPS) is 16.1. The zero-order valence-electron chi connectivity index (χ0n) is 15.1. The molecule has 0 fully saturated rings. The molecule has 1 aliphatic rings. The van der Waals surface area contributed by atoms with Crippen molar-refractivity contribution in [2.45, 2.75) is 13.3 Å². The molecule has 1 N–H and O–H groups in total. The van der Waals surface area contributed by atoms with Crippen LogP contribution in [0.1, 0.15) is 19.1 Å². The summed E-state index contributed by atoms with van der Waals surface area (Å²) in [6, 6.07) is 11.1. The Bertz CT molecular complexity index is 1040. The first-order valence-corrected chi connectivity index (χ1v) is 8.62. The van der Waals surface area contributed by atoms with Gasteiger partial charge in [0.05, 0.1) is 5.56 Å². The Kier molecular flexibility index (Phi) is 5.52. The number of imide groups is 1. The smallest absolute Gasteiger partial charge is 0.271 e. The maximum atomic E-state index is 13.9. The third-order valence-corrected chi connectivity index (χ3v) is 4.42. The van der Waals surface area contributed by atoms with Gasteiger partial charge in [-0.05, 0) is 49.3 Å². The summed E-state index contributed by atoms with van der Waals surface area (Å²) in [5, 5.41) is 18.3. The first-order valence-electron chi connectivity index (χ1n) is 8.62. The number of furan rings is 1. The van der Waals surface area contributed by atoms with Crippen LogP contribution in [0.4, 0.5) is 4.39 Å². The van der Waals surface area contributed by atoms with Crippen molar-refractivity contribution in [3.8, 4) is 17.4 Å². The van der Waals surface area contributed by atoms with Crippen LogP contribution < -0.4 is 0 Å². The average molecular weight is 380 g/mol. The molecular weight excluding hydrogens is 363 g/mol. The molecular formula is C21H17FN2O4. The molecule has 142 valence electrons. The number of hydrogen-bond acceptors (Lipinski definition) is 5. The van der Waals surface area contributed by atoms with Crippen LogP contribution in [0.5, 0.6) is 0 Å². The molecule has 1 aliphatic heterocycles. The molecule has 0 unspecified atom stereocenters. The lowest BCUT2D eigenvalue weighted by atomic mass is 9.94. The first kappa shape index (κ1) is 19.3. The number of nitrogens with zero attached hydrogens (tertiary/aromatic N) is 2. The van der Waals surface area contributed by atoms with Gasteiger partial charge in [0.25, 0.3) is 11.8 Å². The van der Waals surface area contributed by atoms with E-state index in [1.54, 1.807) is 30.3 Å². The lowest BCUT2D eigenvalue weighted by molar-refractivity contribution is -0.140. The van der Waals surface area contributed by atoms with E-state index in [-0.39, 0.29) is 47.6 Å². The van der Waals surface area contributed by atoms with Gasteiger partial charge in [0.1, 0.15) is 29.0 Å². The quantitative estimate of drug-likeness (QED) is 0.635. The van der Waals surface area contributed by atoms with Crippen molar-refractivity contribution in [3.63, 3.8) is 0 Å². The van der Waals surface area contributed by atoms with Crippen molar-refractivity contribution in [1.82, 2.24) is 4.90 Å². The van der Waals surface area contributed by atoms with E-state index in [1.165, 1.54) is 19.1 Å². The van der Waals surface area contributed by atoms with Crippen molar-refractivity contribution >= 4 is 17.9 Å². The predicted molar refractivity (Wildman–Crippen MR) is 98.8 cm³/mol. The van der Waals surface area contributed by atoms with E-state index in [4.69, 9.17) is 9.52 Å². The summed E-state index contributed by atoms with van der Waals surface area (Å²) in [4.78, 5) is 26.1. The van der Waals surface area contributed by atoms with Gasteiger partial charge in [-0.1, -0.05) is 12.1 Å². The van der Waals surface area contributed by atoms with Gasteiger partial charge in [0.2, 0.25) is 0 Å². The minimum absolute atomic E-state index is 0.00258. The Morgan fingerprint density at radius 3 is 2.64 bits per heavy atom. The second kappa shape index (κ2) is 8.03. The molecule has 0 saturated carbocycles. The Labute approximate surface area is 160 Å². The van der Waals surface area contributed by atoms with Gasteiger partial charge in [-0.15, -0.1) is 0 Å². The number of aliphatic hydroxyl groups is 1. The molecule has 0 saturated heterocycles. The second-order valence-corrected chi connectivity index (χ2v) is 6.19. The van der Waals surface area contributed by atoms with Gasteiger partial charge in [-0.25, -0.2) is 4.39 Å². The van der Waals surface area contributed by atoms with Crippen LogP contribution in [-0.4, -0.2) is 35.0 Å². The highest BCUT2D eigenvalue weighted by molar-refractivity contribution is 6.19. The number of rotatable bonds is 5. The molecule has 2 heterocycles. The molecule has 0 spiro atoms. The lowest BCUT2D eigenvalue weighted by Gasteiger charge is -2.27. The van der Waals surface area contributed by atoms with Crippen molar-refractivity contribution in [1.29, 1.82) is 5.26 Å². The molecule has 0 aliphatic carbocycles. The van der Waals surface area contributed by atoms with Crippen molar-refractivity contribution in [2.24, 2.45) is 0 Å². The number of carbonyl (C=O) groups is 2. The monoisotopic (exact) mass is 380 g/mol. The minimum atomic E-state index is -0.679. The van der Waals surface area contributed by atoms with Gasteiger partial charge in [-0.3, -0.25) is 14.5 Å². The molecule has 0 bridgehead atoms.